The minimum atomic E-state index is -0.688. The Balaban J connectivity index is 2.59. The molecule has 1 atom stereocenters. The van der Waals surface area contributed by atoms with Crippen LogP contribution in [0.2, 0.25) is 0 Å². The van der Waals surface area contributed by atoms with Crippen LogP contribution >= 0.6 is 0 Å². The van der Waals surface area contributed by atoms with E-state index in [4.69, 9.17) is 16.2 Å². The Hall–Kier alpha value is -2.08. The summed E-state index contributed by atoms with van der Waals surface area (Å²) < 4.78 is 5.59. The van der Waals surface area contributed by atoms with E-state index in [1.165, 1.54) is 5.56 Å². The first-order valence-corrected chi connectivity index (χ1v) is 8.68. The summed E-state index contributed by atoms with van der Waals surface area (Å²) in [6, 6.07) is 5.24. The molecule has 0 aliphatic heterocycles. The molecule has 0 spiro atoms. The normalized spacial score (nSPS) is 12.5. The third-order valence-electron chi connectivity index (χ3n) is 4.03. The van der Waals surface area contributed by atoms with E-state index in [0.717, 1.165) is 18.4 Å². The molecule has 0 bridgehead atoms. The number of ether oxygens (including phenoxy) is 1. The number of carbonyl (C=O) groups is 2. The topological polar surface area (TPSA) is 107 Å². The number of hydrogen-bond acceptors (Lipinski definition) is 4. The average Bonchev–Trinajstić information content (AvgIpc) is 2.51. The van der Waals surface area contributed by atoms with Crippen LogP contribution in [0.15, 0.2) is 18.2 Å². The molecule has 0 aliphatic carbocycles. The Morgan fingerprint density at radius 3 is 2.44 bits per heavy atom. The number of nitrogens with one attached hydrogen (secondary N) is 1. The molecule has 0 aromatic heterocycles. The van der Waals surface area contributed by atoms with E-state index >= 15 is 0 Å². The lowest BCUT2D eigenvalue weighted by Gasteiger charge is -2.21. The maximum atomic E-state index is 12.0. The summed E-state index contributed by atoms with van der Waals surface area (Å²) in [6.07, 6.45) is 2.01. The van der Waals surface area contributed by atoms with Crippen LogP contribution in [0.3, 0.4) is 0 Å². The van der Waals surface area contributed by atoms with Crippen molar-refractivity contribution in [2.75, 3.05) is 13.2 Å². The molecule has 1 aromatic rings. The number of nitrogens with two attached hydrogens (primary N) is 2. The average molecular weight is 349 g/mol. The standard InChI is InChI=1S/C19H31N3O3/c1-13-11-14(19(2,3)4)8-9-16(13)25-12-17(23)22-15(18(21)24)7-5-6-10-20/h8-9,11,15H,5-7,10,12,20H2,1-4H3,(H2,21,24)(H,22,23). The number of hydrogen-bond donors (Lipinski definition) is 3. The summed E-state index contributed by atoms with van der Waals surface area (Å²) in [5.41, 5.74) is 13.0. The molecule has 0 fully saturated rings. The molecule has 140 valence electrons. The Labute approximate surface area is 150 Å². The van der Waals surface area contributed by atoms with E-state index < -0.39 is 11.9 Å². The van der Waals surface area contributed by atoms with E-state index in [-0.39, 0.29) is 17.9 Å². The quantitative estimate of drug-likeness (QED) is 0.590. The molecule has 0 saturated carbocycles. The molecule has 0 saturated heterocycles. The molecule has 0 heterocycles. The lowest BCUT2D eigenvalue weighted by Crippen LogP contribution is -2.46. The lowest BCUT2D eigenvalue weighted by molar-refractivity contribution is -0.128. The van der Waals surface area contributed by atoms with E-state index in [0.29, 0.717) is 18.7 Å². The van der Waals surface area contributed by atoms with Crippen molar-refractivity contribution < 1.29 is 14.3 Å². The number of benzene rings is 1. The van der Waals surface area contributed by atoms with Gasteiger partial charge in [-0.1, -0.05) is 32.9 Å². The molecular formula is C19H31N3O3. The van der Waals surface area contributed by atoms with E-state index in [1.807, 2.05) is 19.1 Å². The van der Waals surface area contributed by atoms with Gasteiger partial charge >= 0.3 is 0 Å². The van der Waals surface area contributed by atoms with Crippen molar-refractivity contribution in [3.05, 3.63) is 29.3 Å². The first-order chi connectivity index (χ1) is 11.6. The van der Waals surface area contributed by atoms with Gasteiger partial charge in [0.15, 0.2) is 6.61 Å². The van der Waals surface area contributed by atoms with Crippen LogP contribution in [-0.4, -0.2) is 31.0 Å². The first kappa shape index (κ1) is 21.0. The minimum absolute atomic E-state index is 0.0545. The van der Waals surface area contributed by atoms with Crippen LogP contribution in [-0.2, 0) is 15.0 Å². The van der Waals surface area contributed by atoms with Gasteiger partial charge in [0.05, 0.1) is 0 Å². The van der Waals surface area contributed by atoms with Crippen LogP contribution < -0.4 is 21.5 Å². The smallest absolute Gasteiger partial charge is 0.258 e. The Morgan fingerprint density at radius 2 is 1.92 bits per heavy atom. The molecule has 5 N–H and O–H groups in total. The van der Waals surface area contributed by atoms with Crippen molar-refractivity contribution in [1.29, 1.82) is 0 Å². The molecule has 0 aliphatic rings. The number of carbonyl (C=O) groups excluding carboxylic acids is 2. The highest BCUT2D eigenvalue weighted by Crippen LogP contribution is 2.27. The van der Waals surface area contributed by atoms with Crippen LogP contribution in [0.25, 0.3) is 0 Å². The number of primary amides is 1. The van der Waals surface area contributed by atoms with Gasteiger partial charge in [-0.15, -0.1) is 0 Å². The van der Waals surface area contributed by atoms with Crippen molar-refractivity contribution in [3.63, 3.8) is 0 Å². The van der Waals surface area contributed by atoms with Crippen LogP contribution in [0.5, 0.6) is 5.75 Å². The van der Waals surface area contributed by atoms with Gasteiger partial charge in [-0.05, 0) is 55.3 Å². The maximum absolute atomic E-state index is 12.0. The zero-order valence-corrected chi connectivity index (χ0v) is 15.7. The van der Waals surface area contributed by atoms with Gasteiger partial charge in [0.1, 0.15) is 11.8 Å². The highest BCUT2D eigenvalue weighted by atomic mass is 16.5. The first-order valence-electron chi connectivity index (χ1n) is 8.68. The van der Waals surface area contributed by atoms with E-state index in [1.54, 1.807) is 0 Å². The molecule has 0 radical (unpaired) electrons. The highest BCUT2D eigenvalue weighted by Gasteiger charge is 2.18. The number of amides is 2. The maximum Gasteiger partial charge on any atom is 0.258 e. The second-order valence-corrected chi connectivity index (χ2v) is 7.33. The SMILES string of the molecule is Cc1cc(C(C)(C)C)ccc1OCC(=O)NC(CCCCN)C(N)=O. The monoisotopic (exact) mass is 349 g/mol. The zero-order valence-electron chi connectivity index (χ0n) is 15.7. The summed E-state index contributed by atoms with van der Waals surface area (Å²) in [5, 5.41) is 2.62. The Kier molecular flexibility index (Phi) is 7.90. The predicted octanol–water partition coefficient (Wildman–Crippen LogP) is 1.77. The molecule has 2 amide bonds. The zero-order chi connectivity index (χ0) is 19.0. The highest BCUT2D eigenvalue weighted by molar-refractivity contribution is 5.87. The second kappa shape index (κ2) is 9.42. The third kappa shape index (κ3) is 7.13. The fraction of sp³-hybridized carbons (Fsp3) is 0.579. The molecule has 1 rings (SSSR count). The van der Waals surface area contributed by atoms with Gasteiger partial charge in [0.2, 0.25) is 5.91 Å². The van der Waals surface area contributed by atoms with Crippen molar-refractivity contribution in [3.8, 4) is 5.75 Å². The van der Waals surface area contributed by atoms with Gasteiger partial charge in [-0.2, -0.15) is 0 Å². The summed E-state index contributed by atoms with van der Waals surface area (Å²) in [6.45, 7) is 8.77. The second-order valence-electron chi connectivity index (χ2n) is 7.33. The Bertz CT molecular complexity index is 594. The largest absolute Gasteiger partial charge is 0.484 e. The molecule has 1 unspecified atom stereocenters. The fourth-order valence-corrected chi connectivity index (χ4v) is 2.44. The van der Waals surface area contributed by atoms with Crippen molar-refractivity contribution in [1.82, 2.24) is 5.32 Å². The van der Waals surface area contributed by atoms with Crippen LogP contribution in [0.1, 0.15) is 51.2 Å². The molecule has 6 nitrogen and oxygen atoms in total. The summed E-state index contributed by atoms with van der Waals surface area (Å²) in [5.74, 6) is -0.256. The van der Waals surface area contributed by atoms with Crippen molar-refractivity contribution in [2.45, 2.75) is 58.4 Å². The number of unbranched alkanes of at least 4 members (excludes halogenated alkanes) is 1. The minimum Gasteiger partial charge on any atom is -0.484 e. The van der Waals surface area contributed by atoms with Crippen LogP contribution in [0.4, 0.5) is 0 Å². The van der Waals surface area contributed by atoms with Gasteiger partial charge in [0.25, 0.3) is 5.91 Å². The summed E-state index contributed by atoms with van der Waals surface area (Å²) >= 11 is 0. The van der Waals surface area contributed by atoms with Crippen LogP contribution in [0, 0.1) is 6.92 Å². The van der Waals surface area contributed by atoms with Gasteiger partial charge in [-0.3, -0.25) is 9.59 Å². The number of rotatable bonds is 9. The molecular weight excluding hydrogens is 318 g/mol. The van der Waals surface area contributed by atoms with Gasteiger partial charge < -0.3 is 21.5 Å². The Morgan fingerprint density at radius 1 is 1.24 bits per heavy atom. The fourth-order valence-electron chi connectivity index (χ4n) is 2.44. The predicted molar refractivity (Wildman–Crippen MR) is 99.4 cm³/mol. The summed E-state index contributed by atoms with van der Waals surface area (Å²) in [7, 11) is 0. The van der Waals surface area contributed by atoms with Gasteiger partial charge in [0, 0.05) is 0 Å². The number of aryl methyl sites for hydroxylation is 1. The summed E-state index contributed by atoms with van der Waals surface area (Å²) in [4.78, 5) is 23.5. The van der Waals surface area contributed by atoms with E-state index in [2.05, 4.69) is 32.2 Å². The van der Waals surface area contributed by atoms with Gasteiger partial charge in [-0.25, -0.2) is 0 Å². The molecule has 25 heavy (non-hydrogen) atoms. The molecule has 1 aromatic carbocycles. The molecule has 6 heteroatoms. The van der Waals surface area contributed by atoms with Crippen molar-refractivity contribution in [2.24, 2.45) is 11.5 Å². The lowest BCUT2D eigenvalue weighted by atomic mass is 9.86. The third-order valence-corrected chi connectivity index (χ3v) is 4.03. The van der Waals surface area contributed by atoms with E-state index in [9.17, 15) is 9.59 Å². The van der Waals surface area contributed by atoms with Crippen molar-refractivity contribution >= 4 is 11.8 Å².